The Hall–Kier alpha value is -7.56. The molecule has 9 aromatic carbocycles. The van der Waals surface area contributed by atoms with E-state index in [2.05, 4.69) is 166 Å². The van der Waals surface area contributed by atoms with Gasteiger partial charge < -0.3 is 8.83 Å². The molecule has 3 aromatic heterocycles. The van der Waals surface area contributed by atoms with Crippen LogP contribution in [-0.4, -0.2) is 9.97 Å². The fraction of sp³-hybridized carbons (Fsp3) is 0.0545. The highest BCUT2D eigenvalue weighted by atomic mass is 16.3. The molecule has 1 aliphatic rings. The molecule has 0 fully saturated rings. The molecule has 0 amide bonds. The first-order chi connectivity index (χ1) is 29.0. The van der Waals surface area contributed by atoms with Crippen molar-refractivity contribution < 1.29 is 8.83 Å². The van der Waals surface area contributed by atoms with Crippen LogP contribution in [0.15, 0.2) is 179 Å². The van der Waals surface area contributed by atoms with Crippen molar-refractivity contribution in [3.8, 4) is 44.6 Å². The summed E-state index contributed by atoms with van der Waals surface area (Å²) in [6.45, 7) is 4.67. The summed E-state index contributed by atoms with van der Waals surface area (Å²) in [5.74, 6) is 0. The maximum Gasteiger partial charge on any atom is 0.147 e. The number of hydrogen-bond acceptors (Lipinski definition) is 4. The molecule has 13 rings (SSSR count). The van der Waals surface area contributed by atoms with E-state index in [1.165, 1.54) is 38.6 Å². The number of nitrogens with zero attached hydrogens (tertiary/aromatic N) is 2. The number of rotatable bonds is 3. The number of furan rings is 2. The third kappa shape index (κ3) is 4.54. The largest absolute Gasteiger partial charge is 0.455 e. The number of fused-ring (bicyclic) bond motifs is 16. The average Bonchev–Trinajstić information content (AvgIpc) is 3.93. The van der Waals surface area contributed by atoms with E-state index in [1.54, 1.807) is 0 Å². The second-order valence-electron chi connectivity index (χ2n) is 16.5. The SMILES string of the molecule is CC1(C)c2ccccc2-c2ccc(-c3ccc4oc5c(-c6cccc(-c7cnc8c9ccccc9c9ccccc9c8n7)c6)cc6c7ccccc7oc6c5c4c3)cc21. The van der Waals surface area contributed by atoms with E-state index in [9.17, 15) is 0 Å². The van der Waals surface area contributed by atoms with Crippen molar-refractivity contribution in [3.63, 3.8) is 0 Å². The van der Waals surface area contributed by atoms with Gasteiger partial charge in [-0.2, -0.15) is 0 Å². The van der Waals surface area contributed by atoms with E-state index in [4.69, 9.17) is 18.8 Å². The molecule has 0 aliphatic heterocycles. The Morgan fingerprint density at radius 1 is 0.407 bits per heavy atom. The van der Waals surface area contributed by atoms with Gasteiger partial charge >= 0.3 is 0 Å². The molecular weight excluding hydrogens is 721 g/mol. The molecule has 0 saturated carbocycles. The lowest BCUT2D eigenvalue weighted by Gasteiger charge is -2.22. The predicted octanol–water partition coefficient (Wildman–Crippen LogP) is 15.0. The number of aromatic nitrogens is 2. The molecule has 59 heavy (non-hydrogen) atoms. The van der Waals surface area contributed by atoms with Gasteiger partial charge in [-0.25, -0.2) is 4.98 Å². The van der Waals surface area contributed by atoms with E-state index in [0.29, 0.717) is 0 Å². The second-order valence-corrected chi connectivity index (χ2v) is 16.5. The Morgan fingerprint density at radius 3 is 1.90 bits per heavy atom. The minimum absolute atomic E-state index is 0.0845. The summed E-state index contributed by atoms with van der Waals surface area (Å²) in [5, 5.41) is 8.71. The first-order valence-electron chi connectivity index (χ1n) is 20.2. The predicted molar refractivity (Wildman–Crippen MR) is 243 cm³/mol. The zero-order valence-electron chi connectivity index (χ0n) is 32.4. The minimum atomic E-state index is -0.0845. The van der Waals surface area contributed by atoms with Crippen LogP contribution in [0.5, 0.6) is 0 Å². The molecule has 0 N–H and O–H groups in total. The van der Waals surface area contributed by atoms with Crippen LogP contribution in [0, 0.1) is 0 Å². The molecule has 4 heteroatoms. The van der Waals surface area contributed by atoms with Crippen molar-refractivity contribution in [3.05, 3.63) is 181 Å². The third-order valence-electron chi connectivity index (χ3n) is 12.9. The summed E-state index contributed by atoms with van der Waals surface area (Å²) >= 11 is 0. The monoisotopic (exact) mass is 754 g/mol. The van der Waals surface area contributed by atoms with Crippen LogP contribution in [-0.2, 0) is 5.41 Å². The maximum absolute atomic E-state index is 6.89. The van der Waals surface area contributed by atoms with Crippen molar-refractivity contribution in [2.45, 2.75) is 19.3 Å². The van der Waals surface area contributed by atoms with Gasteiger partial charge in [-0.05, 0) is 86.1 Å². The van der Waals surface area contributed by atoms with Gasteiger partial charge in [-0.3, -0.25) is 4.98 Å². The third-order valence-corrected chi connectivity index (χ3v) is 12.9. The minimum Gasteiger partial charge on any atom is -0.455 e. The molecule has 3 heterocycles. The fourth-order valence-corrected chi connectivity index (χ4v) is 10.0. The van der Waals surface area contributed by atoms with Gasteiger partial charge in [0.15, 0.2) is 0 Å². The zero-order valence-corrected chi connectivity index (χ0v) is 32.4. The Labute approximate surface area is 339 Å². The van der Waals surface area contributed by atoms with E-state index in [1.807, 2.05) is 18.3 Å². The standard InChI is InChI=1S/C55H34N2O2/c1-55(2)45-20-9-7-16-37(45)38-24-22-32(28-46(38)55)31-23-25-49-44(27-31)50-53(59-49)42(29-43-39-17-8-10-21-48(39)58-54(43)50)33-12-11-13-34(26-33)47-30-56-51-40-18-5-3-14-35(40)36-15-4-6-19-41(36)52(51)57-47/h3-30H,1-2H3. The average molecular weight is 755 g/mol. The Kier molecular flexibility index (Phi) is 6.48. The highest BCUT2D eigenvalue weighted by molar-refractivity contribution is 6.26. The van der Waals surface area contributed by atoms with Crippen molar-refractivity contribution in [2.75, 3.05) is 0 Å². The molecule has 0 bridgehead atoms. The van der Waals surface area contributed by atoms with Gasteiger partial charge in [0.05, 0.1) is 28.3 Å². The lowest BCUT2D eigenvalue weighted by Crippen LogP contribution is -2.14. The van der Waals surface area contributed by atoms with Crippen LogP contribution in [0.3, 0.4) is 0 Å². The van der Waals surface area contributed by atoms with Crippen molar-refractivity contribution in [2.24, 2.45) is 0 Å². The van der Waals surface area contributed by atoms with E-state index >= 15 is 0 Å². The quantitative estimate of drug-likeness (QED) is 0.169. The summed E-state index contributed by atoms with van der Waals surface area (Å²) in [5.41, 5.74) is 16.6. The molecule has 1 aliphatic carbocycles. The topological polar surface area (TPSA) is 52.1 Å². The highest BCUT2D eigenvalue weighted by Crippen LogP contribution is 2.50. The normalized spacial score (nSPS) is 13.4. The van der Waals surface area contributed by atoms with Crippen LogP contribution in [0.2, 0.25) is 0 Å². The van der Waals surface area contributed by atoms with E-state index in [-0.39, 0.29) is 5.41 Å². The summed E-state index contributed by atoms with van der Waals surface area (Å²) in [6.07, 6.45) is 1.91. The molecule has 4 nitrogen and oxygen atoms in total. The van der Waals surface area contributed by atoms with Gasteiger partial charge in [0, 0.05) is 43.5 Å². The Balaban J connectivity index is 1.01. The Bertz CT molecular complexity index is 3740. The van der Waals surface area contributed by atoms with Gasteiger partial charge in [-0.15, -0.1) is 0 Å². The summed E-state index contributed by atoms with van der Waals surface area (Å²) in [6, 6.07) is 58.4. The molecule has 0 radical (unpaired) electrons. The van der Waals surface area contributed by atoms with Crippen LogP contribution >= 0.6 is 0 Å². The van der Waals surface area contributed by atoms with Gasteiger partial charge in [0.1, 0.15) is 22.3 Å². The highest BCUT2D eigenvalue weighted by Gasteiger charge is 2.35. The smallest absolute Gasteiger partial charge is 0.147 e. The Morgan fingerprint density at radius 2 is 1.05 bits per heavy atom. The summed E-state index contributed by atoms with van der Waals surface area (Å²) < 4.78 is 13.6. The van der Waals surface area contributed by atoms with Crippen LogP contribution in [0.1, 0.15) is 25.0 Å². The van der Waals surface area contributed by atoms with Gasteiger partial charge in [0.2, 0.25) is 0 Å². The number of hydrogen-bond donors (Lipinski definition) is 0. The first-order valence-corrected chi connectivity index (χ1v) is 20.2. The van der Waals surface area contributed by atoms with Gasteiger partial charge in [0.25, 0.3) is 0 Å². The molecule has 276 valence electrons. The number of benzene rings is 9. The fourth-order valence-electron chi connectivity index (χ4n) is 10.0. The van der Waals surface area contributed by atoms with Crippen molar-refractivity contribution >= 4 is 76.5 Å². The number of para-hydroxylation sites is 1. The van der Waals surface area contributed by atoms with Crippen molar-refractivity contribution in [1.29, 1.82) is 0 Å². The van der Waals surface area contributed by atoms with Crippen LogP contribution in [0.4, 0.5) is 0 Å². The molecule has 0 unspecified atom stereocenters. The molecule has 12 aromatic rings. The lowest BCUT2D eigenvalue weighted by atomic mass is 9.81. The van der Waals surface area contributed by atoms with Gasteiger partial charge in [-0.1, -0.05) is 141 Å². The van der Waals surface area contributed by atoms with Crippen LogP contribution in [0.25, 0.3) is 121 Å². The van der Waals surface area contributed by atoms with Crippen molar-refractivity contribution in [1.82, 2.24) is 9.97 Å². The molecule has 0 saturated heterocycles. The molecule has 0 atom stereocenters. The van der Waals surface area contributed by atoms with Crippen LogP contribution < -0.4 is 0 Å². The lowest BCUT2D eigenvalue weighted by molar-refractivity contribution is 0.660. The zero-order chi connectivity index (χ0) is 39.0. The van der Waals surface area contributed by atoms with E-state index in [0.717, 1.165) is 93.6 Å². The maximum atomic E-state index is 6.89. The molecule has 0 spiro atoms. The first kappa shape index (κ1) is 32.5. The summed E-state index contributed by atoms with van der Waals surface area (Å²) in [7, 11) is 0. The molecular formula is C55H34N2O2. The second kappa shape index (κ2) is 11.7. The summed E-state index contributed by atoms with van der Waals surface area (Å²) in [4.78, 5) is 10.4. The van der Waals surface area contributed by atoms with E-state index < -0.39 is 0 Å².